The number of anilines is 1. The molecule has 1 aliphatic heterocycles. The van der Waals surface area contributed by atoms with E-state index in [1.165, 1.54) is 10.7 Å². The van der Waals surface area contributed by atoms with Gasteiger partial charge in [-0.25, -0.2) is 14.1 Å². The largest absolute Gasteiger partial charge is 0.489 e. The van der Waals surface area contributed by atoms with Crippen LogP contribution >= 0.6 is 0 Å². The lowest BCUT2D eigenvalue weighted by atomic mass is 9.93. The van der Waals surface area contributed by atoms with E-state index in [1.807, 2.05) is 0 Å². The number of carbonyl (C=O) groups excluding carboxylic acids is 1. The van der Waals surface area contributed by atoms with Crippen molar-refractivity contribution >= 4 is 23.2 Å². The first-order valence-electron chi connectivity index (χ1n) is 10.2. The average molecular weight is 422 g/mol. The number of carboxylic acid groups (broad SMARTS) is 1. The van der Waals surface area contributed by atoms with Crippen LogP contribution in [0, 0.1) is 6.92 Å². The topological polar surface area (TPSA) is 105 Å². The van der Waals surface area contributed by atoms with Crippen LogP contribution in [0.25, 0.3) is 5.52 Å². The van der Waals surface area contributed by atoms with Crippen molar-refractivity contribution in [2.24, 2.45) is 0 Å². The Bertz CT molecular complexity index is 1180. The molecule has 0 unspecified atom stereocenters. The molecule has 2 aromatic heterocycles. The molecule has 31 heavy (non-hydrogen) atoms. The Morgan fingerprint density at radius 1 is 1.29 bits per heavy atom. The van der Waals surface area contributed by atoms with Crippen LogP contribution in [0.3, 0.4) is 0 Å². The van der Waals surface area contributed by atoms with Crippen LogP contribution in [0.4, 0.5) is 10.5 Å². The summed E-state index contributed by atoms with van der Waals surface area (Å²) in [5.41, 5.74) is 2.02. The van der Waals surface area contributed by atoms with Gasteiger partial charge in [-0.15, -0.1) is 0 Å². The second-order valence-corrected chi connectivity index (χ2v) is 7.77. The Kier molecular flexibility index (Phi) is 4.65. The summed E-state index contributed by atoms with van der Waals surface area (Å²) < 4.78 is 13.3. The van der Waals surface area contributed by atoms with Crippen molar-refractivity contribution in [2.75, 3.05) is 18.1 Å². The van der Waals surface area contributed by atoms with Gasteiger partial charge in [-0.2, -0.15) is 5.10 Å². The molecule has 2 N–H and O–H groups in total. The second kappa shape index (κ2) is 7.50. The summed E-state index contributed by atoms with van der Waals surface area (Å²) in [5, 5.41) is 16.6. The third-order valence-electron chi connectivity index (χ3n) is 5.82. The molecule has 3 heterocycles. The van der Waals surface area contributed by atoms with Gasteiger partial charge in [0.1, 0.15) is 23.6 Å². The van der Waals surface area contributed by atoms with Crippen molar-refractivity contribution < 1.29 is 24.2 Å². The van der Waals surface area contributed by atoms with Crippen LogP contribution in [-0.4, -0.2) is 45.9 Å². The van der Waals surface area contributed by atoms with E-state index >= 15 is 0 Å². The Labute approximate surface area is 178 Å². The van der Waals surface area contributed by atoms with Gasteiger partial charge in [0.25, 0.3) is 0 Å². The molecule has 160 valence electrons. The number of hydrogen-bond donors (Lipinski definition) is 2. The van der Waals surface area contributed by atoms with Crippen LogP contribution in [0.2, 0.25) is 0 Å². The third kappa shape index (κ3) is 3.41. The van der Waals surface area contributed by atoms with E-state index in [0.717, 1.165) is 19.3 Å². The minimum atomic E-state index is -1.02. The number of amides is 2. The Hall–Kier alpha value is -3.75. The molecule has 0 spiro atoms. The molecule has 1 saturated carbocycles. The molecule has 1 fully saturated rings. The van der Waals surface area contributed by atoms with E-state index in [4.69, 9.17) is 9.47 Å². The summed E-state index contributed by atoms with van der Waals surface area (Å²) in [4.78, 5) is 25.8. The predicted octanol–water partition coefficient (Wildman–Crippen LogP) is 3.59. The monoisotopic (exact) mass is 422 g/mol. The Morgan fingerprint density at radius 3 is 2.87 bits per heavy atom. The van der Waals surface area contributed by atoms with E-state index in [9.17, 15) is 14.7 Å². The fourth-order valence-electron chi connectivity index (χ4n) is 3.93. The standard InChI is InChI=1S/C22H22N4O5/c1-13-16(21(27)28)12-26-20(13)18(7-8-23-26)31-15-5-6-17-19(11-15)30-10-9-25(17)22(29)24-14-3-2-4-14/h5-8,11-12,14H,2-4,9-10H2,1H3,(H,24,29)(H,27,28). The lowest BCUT2D eigenvalue weighted by molar-refractivity contribution is 0.0696. The summed E-state index contributed by atoms with van der Waals surface area (Å²) >= 11 is 0. The zero-order valence-corrected chi connectivity index (χ0v) is 17.0. The smallest absolute Gasteiger partial charge is 0.337 e. The molecule has 0 radical (unpaired) electrons. The highest BCUT2D eigenvalue weighted by atomic mass is 16.5. The summed E-state index contributed by atoms with van der Waals surface area (Å²) in [7, 11) is 0. The van der Waals surface area contributed by atoms with Crippen molar-refractivity contribution in [1.82, 2.24) is 14.9 Å². The number of fused-ring (bicyclic) bond motifs is 2. The minimum absolute atomic E-state index is 0.108. The zero-order valence-electron chi connectivity index (χ0n) is 17.0. The molecule has 2 aliphatic rings. The lowest BCUT2D eigenvalue weighted by Crippen LogP contribution is -2.49. The van der Waals surface area contributed by atoms with E-state index in [1.54, 1.807) is 42.3 Å². The number of carbonyl (C=O) groups is 2. The molecule has 3 aromatic rings. The molecule has 2 amide bonds. The normalized spacial score (nSPS) is 15.7. The molecular formula is C22H22N4O5. The lowest BCUT2D eigenvalue weighted by Gasteiger charge is -2.33. The molecule has 9 nitrogen and oxygen atoms in total. The summed E-state index contributed by atoms with van der Waals surface area (Å²) in [5.74, 6) is 0.549. The predicted molar refractivity (Wildman–Crippen MR) is 112 cm³/mol. The number of hydrogen-bond acceptors (Lipinski definition) is 5. The van der Waals surface area contributed by atoms with E-state index in [-0.39, 0.29) is 17.6 Å². The second-order valence-electron chi connectivity index (χ2n) is 7.77. The molecule has 1 aliphatic carbocycles. The Balaban J connectivity index is 1.43. The first-order valence-corrected chi connectivity index (χ1v) is 10.2. The molecule has 1 aromatic carbocycles. The molecular weight excluding hydrogens is 400 g/mol. The number of ether oxygens (including phenoxy) is 2. The summed E-state index contributed by atoms with van der Waals surface area (Å²) in [6.07, 6.45) is 6.23. The number of nitrogens with one attached hydrogen (secondary N) is 1. The van der Waals surface area contributed by atoms with Gasteiger partial charge in [-0.1, -0.05) is 0 Å². The van der Waals surface area contributed by atoms with Crippen LogP contribution in [0.15, 0.2) is 36.7 Å². The highest BCUT2D eigenvalue weighted by Crippen LogP contribution is 2.38. The van der Waals surface area contributed by atoms with Gasteiger partial charge in [0.15, 0.2) is 5.75 Å². The van der Waals surface area contributed by atoms with E-state index in [0.29, 0.717) is 47.2 Å². The number of benzene rings is 1. The van der Waals surface area contributed by atoms with E-state index in [2.05, 4.69) is 10.4 Å². The number of nitrogens with zero attached hydrogens (tertiary/aromatic N) is 3. The number of carboxylic acids is 1. The maximum absolute atomic E-state index is 12.7. The maximum Gasteiger partial charge on any atom is 0.337 e. The van der Waals surface area contributed by atoms with Crippen LogP contribution in [0.1, 0.15) is 35.2 Å². The van der Waals surface area contributed by atoms with Crippen molar-refractivity contribution in [1.29, 1.82) is 0 Å². The molecule has 0 bridgehead atoms. The van der Waals surface area contributed by atoms with Gasteiger partial charge in [-0.3, -0.25) is 4.90 Å². The molecule has 9 heteroatoms. The first kappa shape index (κ1) is 19.2. The third-order valence-corrected chi connectivity index (χ3v) is 5.82. The number of urea groups is 1. The first-order chi connectivity index (χ1) is 15.0. The van der Waals surface area contributed by atoms with Crippen molar-refractivity contribution in [2.45, 2.75) is 32.2 Å². The number of rotatable bonds is 4. The van der Waals surface area contributed by atoms with Crippen molar-refractivity contribution in [3.05, 3.63) is 47.8 Å². The van der Waals surface area contributed by atoms with Gasteiger partial charge in [0.2, 0.25) is 0 Å². The zero-order chi connectivity index (χ0) is 21.5. The van der Waals surface area contributed by atoms with Gasteiger partial charge >= 0.3 is 12.0 Å². The number of aryl methyl sites for hydroxylation is 1. The summed E-state index contributed by atoms with van der Waals surface area (Å²) in [6.45, 7) is 2.60. The maximum atomic E-state index is 12.7. The van der Waals surface area contributed by atoms with E-state index < -0.39 is 5.97 Å². The van der Waals surface area contributed by atoms with Crippen LogP contribution < -0.4 is 19.7 Å². The highest BCUT2D eigenvalue weighted by molar-refractivity contribution is 5.95. The fraction of sp³-hybridized carbons (Fsp3) is 0.318. The molecule has 5 rings (SSSR count). The van der Waals surface area contributed by atoms with Gasteiger partial charge in [0.05, 0.1) is 24.0 Å². The molecule has 0 saturated heterocycles. The molecule has 0 atom stereocenters. The number of aromatic carboxylic acids is 1. The number of aromatic nitrogens is 2. The van der Waals surface area contributed by atoms with Gasteiger partial charge in [-0.05, 0) is 43.9 Å². The summed E-state index contributed by atoms with van der Waals surface area (Å²) in [6, 6.07) is 7.15. The van der Waals surface area contributed by atoms with Crippen molar-refractivity contribution in [3.8, 4) is 17.2 Å². The Morgan fingerprint density at radius 2 is 2.13 bits per heavy atom. The van der Waals surface area contributed by atoms with Gasteiger partial charge < -0.3 is 19.9 Å². The quantitative estimate of drug-likeness (QED) is 0.666. The highest BCUT2D eigenvalue weighted by Gasteiger charge is 2.28. The minimum Gasteiger partial charge on any atom is -0.489 e. The van der Waals surface area contributed by atoms with Crippen LogP contribution in [-0.2, 0) is 0 Å². The van der Waals surface area contributed by atoms with Crippen LogP contribution in [0.5, 0.6) is 17.2 Å². The average Bonchev–Trinajstić information content (AvgIpc) is 3.08. The van der Waals surface area contributed by atoms with Crippen molar-refractivity contribution in [3.63, 3.8) is 0 Å². The SMILES string of the molecule is Cc1c(C(=O)O)cn2nccc(Oc3ccc4c(c3)OCCN4C(=O)NC3CCC3)c12. The van der Waals surface area contributed by atoms with Gasteiger partial charge in [0, 0.05) is 24.4 Å². The fourth-order valence-corrected chi connectivity index (χ4v) is 3.93.